The summed E-state index contributed by atoms with van der Waals surface area (Å²) in [4.78, 5) is 11.5. The molecular formula is C13H23NO5S. The molecule has 2 fully saturated rings. The van der Waals surface area contributed by atoms with Crippen LogP contribution < -0.4 is 5.32 Å². The monoisotopic (exact) mass is 305 g/mol. The maximum absolute atomic E-state index is 11.5. The van der Waals surface area contributed by atoms with Gasteiger partial charge in [0.2, 0.25) is 5.91 Å². The molecule has 0 aliphatic carbocycles. The number of methoxy groups -OCH3 is 2. The van der Waals surface area contributed by atoms with Gasteiger partial charge in [0.1, 0.15) is 18.2 Å². The van der Waals surface area contributed by atoms with E-state index < -0.39 is 18.1 Å². The van der Waals surface area contributed by atoms with Gasteiger partial charge in [0.05, 0.1) is 0 Å². The molecule has 2 rings (SSSR count). The van der Waals surface area contributed by atoms with Crippen LogP contribution in [0.25, 0.3) is 0 Å². The zero-order valence-corrected chi connectivity index (χ0v) is 13.4. The molecule has 1 amide bonds. The number of carbonyl (C=O) groups excluding carboxylic acids is 1. The number of nitrogens with one attached hydrogen (secondary N) is 1. The summed E-state index contributed by atoms with van der Waals surface area (Å²) in [6.07, 6.45) is -0.939. The molecule has 6 nitrogen and oxygen atoms in total. The number of thioether (sulfide) groups is 1. The van der Waals surface area contributed by atoms with Gasteiger partial charge in [0.25, 0.3) is 0 Å². The molecule has 0 unspecified atom stereocenters. The lowest BCUT2D eigenvalue weighted by atomic mass is 10.0. The van der Waals surface area contributed by atoms with Crippen LogP contribution in [0.1, 0.15) is 20.8 Å². The minimum absolute atomic E-state index is 0.0698. The molecule has 4 atom stereocenters. The van der Waals surface area contributed by atoms with Crippen molar-refractivity contribution in [2.45, 2.75) is 56.3 Å². The Labute approximate surface area is 123 Å². The lowest BCUT2D eigenvalue weighted by molar-refractivity contribution is -0.175. The van der Waals surface area contributed by atoms with Gasteiger partial charge in [0.15, 0.2) is 12.1 Å². The molecule has 20 heavy (non-hydrogen) atoms. The van der Waals surface area contributed by atoms with E-state index >= 15 is 0 Å². The molecule has 2 aliphatic rings. The number of amides is 1. The summed E-state index contributed by atoms with van der Waals surface area (Å²) in [5.41, 5.74) is 0. The second-order valence-electron chi connectivity index (χ2n) is 5.50. The molecule has 7 heteroatoms. The third-order valence-corrected chi connectivity index (χ3v) is 4.36. The van der Waals surface area contributed by atoms with Crippen LogP contribution in [0.15, 0.2) is 0 Å². The molecule has 1 N–H and O–H groups in total. The molecule has 0 radical (unpaired) electrons. The second-order valence-corrected chi connectivity index (χ2v) is 6.77. The largest absolute Gasteiger partial charge is 0.354 e. The van der Waals surface area contributed by atoms with E-state index in [1.165, 1.54) is 6.92 Å². The first kappa shape index (κ1) is 16.0. The predicted molar refractivity (Wildman–Crippen MR) is 75.5 cm³/mol. The van der Waals surface area contributed by atoms with Gasteiger partial charge in [0, 0.05) is 32.1 Å². The van der Waals surface area contributed by atoms with Gasteiger partial charge in [-0.15, -0.1) is 0 Å². The van der Waals surface area contributed by atoms with E-state index in [2.05, 4.69) is 5.32 Å². The Morgan fingerprint density at radius 2 is 1.95 bits per heavy atom. The van der Waals surface area contributed by atoms with Gasteiger partial charge in [-0.2, -0.15) is 11.8 Å². The van der Waals surface area contributed by atoms with Crippen LogP contribution in [0.4, 0.5) is 0 Å². The number of carbonyl (C=O) groups is 1. The molecule has 2 aliphatic heterocycles. The summed E-state index contributed by atoms with van der Waals surface area (Å²) in [6, 6.07) is -0.407. The summed E-state index contributed by atoms with van der Waals surface area (Å²) in [7, 11) is 3.09. The standard InChI is InChI=1S/C13H23NO5S/c1-7(15)14-9(12(16-4)17-5)11-10(8-6-20-8)18-13(2,3)19-11/h8-12H,6H2,1-5H3,(H,14,15)/t8-,9+,10+,11+/m0/s1. The highest BCUT2D eigenvalue weighted by Gasteiger charge is 2.53. The molecule has 0 saturated carbocycles. The first-order valence-corrected chi connectivity index (χ1v) is 7.73. The fraction of sp³-hybridized carbons (Fsp3) is 0.923. The van der Waals surface area contributed by atoms with Gasteiger partial charge in [-0.05, 0) is 13.8 Å². The molecule has 2 saturated heterocycles. The normalized spacial score (nSPS) is 33.2. The summed E-state index contributed by atoms with van der Waals surface area (Å²) in [6.45, 7) is 5.23. The van der Waals surface area contributed by atoms with E-state index in [0.29, 0.717) is 5.25 Å². The van der Waals surface area contributed by atoms with Crippen LogP contribution in [0.2, 0.25) is 0 Å². The number of hydrogen-bond donors (Lipinski definition) is 1. The molecule has 0 aromatic rings. The Morgan fingerprint density at radius 1 is 1.35 bits per heavy atom. The summed E-state index contributed by atoms with van der Waals surface area (Å²) < 4.78 is 22.6. The highest BCUT2D eigenvalue weighted by atomic mass is 32.2. The molecule has 0 aromatic carbocycles. The van der Waals surface area contributed by atoms with Crippen LogP contribution in [0.5, 0.6) is 0 Å². The number of hydrogen-bond acceptors (Lipinski definition) is 6. The minimum atomic E-state index is -0.665. The third-order valence-electron chi connectivity index (χ3n) is 3.37. The van der Waals surface area contributed by atoms with E-state index in [4.69, 9.17) is 18.9 Å². The molecule has 116 valence electrons. The van der Waals surface area contributed by atoms with Crippen LogP contribution in [-0.4, -0.2) is 61.5 Å². The first-order chi connectivity index (χ1) is 9.38. The van der Waals surface area contributed by atoms with Gasteiger partial charge in [-0.1, -0.05) is 0 Å². The van der Waals surface area contributed by atoms with Crippen molar-refractivity contribution in [3.63, 3.8) is 0 Å². The highest BCUT2D eigenvalue weighted by Crippen LogP contribution is 2.43. The zero-order chi connectivity index (χ0) is 14.9. The Morgan fingerprint density at radius 3 is 2.40 bits per heavy atom. The Hall–Kier alpha value is -0.340. The molecule has 0 aromatic heterocycles. The van der Waals surface area contributed by atoms with Crippen molar-refractivity contribution in [2.75, 3.05) is 20.0 Å². The van der Waals surface area contributed by atoms with E-state index in [1.54, 1.807) is 14.2 Å². The summed E-state index contributed by atoms with van der Waals surface area (Å²) in [5, 5.41) is 3.28. The molecule has 2 heterocycles. The van der Waals surface area contributed by atoms with Crippen molar-refractivity contribution in [3.8, 4) is 0 Å². The predicted octanol–water partition coefficient (Wildman–Crippen LogP) is 0.746. The molecule has 0 bridgehead atoms. The van der Waals surface area contributed by atoms with Gasteiger partial charge in [-0.25, -0.2) is 0 Å². The van der Waals surface area contributed by atoms with Crippen molar-refractivity contribution in [1.82, 2.24) is 5.32 Å². The van der Waals surface area contributed by atoms with E-state index in [-0.39, 0.29) is 18.1 Å². The Kier molecular flexibility index (Phi) is 4.96. The zero-order valence-electron chi connectivity index (χ0n) is 12.5. The lowest BCUT2D eigenvalue weighted by Crippen LogP contribution is -2.55. The van der Waals surface area contributed by atoms with E-state index in [0.717, 1.165) is 5.75 Å². The fourth-order valence-electron chi connectivity index (χ4n) is 2.56. The summed E-state index contributed by atoms with van der Waals surface area (Å²) >= 11 is 1.83. The van der Waals surface area contributed by atoms with Crippen molar-refractivity contribution in [3.05, 3.63) is 0 Å². The van der Waals surface area contributed by atoms with Gasteiger partial charge >= 0.3 is 0 Å². The Balaban J connectivity index is 2.18. The Bertz CT molecular complexity index is 357. The van der Waals surface area contributed by atoms with Gasteiger partial charge < -0.3 is 24.3 Å². The SMILES string of the molecule is COC(OC)[C@H](NC(C)=O)[C@H]1OC(C)(C)O[C@@H]1[C@@H]1CS1. The lowest BCUT2D eigenvalue weighted by Gasteiger charge is -2.31. The van der Waals surface area contributed by atoms with Crippen LogP contribution >= 0.6 is 11.8 Å². The smallest absolute Gasteiger partial charge is 0.217 e. The topological polar surface area (TPSA) is 66.0 Å². The van der Waals surface area contributed by atoms with Crippen LogP contribution in [0, 0.1) is 0 Å². The number of ether oxygens (including phenoxy) is 4. The van der Waals surface area contributed by atoms with Gasteiger partial charge in [-0.3, -0.25) is 4.79 Å². The maximum atomic E-state index is 11.5. The fourth-order valence-corrected chi connectivity index (χ4v) is 3.26. The molecule has 0 spiro atoms. The molecular weight excluding hydrogens is 282 g/mol. The highest BCUT2D eigenvalue weighted by molar-refractivity contribution is 8.06. The van der Waals surface area contributed by atoms with Crippen molar-refractivity contribution in [2.24, 2.45) is 0 Å². The average molecular weight is 305 g/mol. The van der Waals surface area contributed by atoms with Crippen LogP contribution in [-0.2, 0) is 23.7 Å². The number of rotatable bonds is 6. The van der Waals surface area contributed by atoms with Crippen molar-refractivity contribution >= 4 is 17.7 Å². The maximum Gasteiger partial charge on any atom is 0.217 e. The average Bonchev–Trinajstić information content (AvgIpc) is 3.13. The van der Waals surface area contributed by atoms with E-state index in [9.17, 15) is 4.79 Å². The van der Waals surface area contributed by atoms with Crippen molar-refractivity contribution in [1.29, 1.82) is 0 Å². The first-order valence-electron chi connectivity index (χ1n) is 6.68. The van der Waals surface area contributed by atoms with E-state index in [1.807, 2.05) is 25.6 Å². The second kappa shape index (κ2) is 6.19. The van der Waals surface area contributed by atoms with Crippen LogP contribution in [0.3, 0.4) is 0 Å². The third kappa shape index (κ3) is 3.65. The quantitative estimate of drug-likeness (QED) is 0.577. The minimum Gasteiger partial charge on any atom is -0.354 e. The summed E-state index contributed by atoms with van der Waals surface area (Å²) in [5.74, 6) is 0.240. The van der Waals surface area contributed by atoms with Crippen molar-refractivity contribution < 1.29 is 23.7 Å².